The number of aliphatic hydroxyl groups is 1. The average Bonchev–Trinajstić information content (AvgIpc) is 2.62. The summed E-state index contributed by atoms with van der Waals surface area (Å²) in [5, 5.41) is 8.39. The smallest absolute Gasteiger partial charge is 0.144 e. The van der Waals surface area contributed by atoms with Crippen molar-refractivity contribution in [1.82, 2.24) is 0 Å². The Morgan fingerprint density at radius 2 is 2.44 bits per heavy atom. The van der Waals surface area contributed by atoms with Gasteiger partial charge in [0.1, 0.15) is 6.10 Å². The van der Waals surface area contributed by atoms with Crippen molar-refractivity contribution in [3.05, 3.63) is 0 Å². The first kappa shape index (κ1) is 6.60. The van der Waals surface area contributed by atoms with E-state index < -0.39 is 0 Å². The zero-order valence-electron chi connectivity index (χ0n) is 5.21. The lowest BCUT2D eigenvalue weighted by Gasteiger charge is -1.87. The molecule has 50 valence electrons. The largest absolute Gasteiger partial charge is 0.396 e. The van der Waals surface area contributed by atoms with E-state index in [2.05, 4.69) is 5.92 Å². The molecule has 0 radical (unpaired) electrons. The van der Waals surface area contributed by atoms with Gasteiger partial charge in [0.05, 0.1) is 6.10 Å². The predicted octanol–water partition coefficient (Wildman–Crippen LogP) is 0.160. The van der Waals surface area contributed by atoms with Gasteiger partial charge in [-0.2, -0.15) is 0 Å². The van der Waals surface area contributed by atoms with E-state index >= 15 is 0 Å². The molecular weight excluding hydrogens is 116 g/mol. The first-order chi connectivity index (χ1) is 4.38. The molecule has 1 fully saturated rings. The normalized spacial score (nSPS) is 31.6. The minimum absolute atomic E-state index is 0.0385. The number of hydrogen-bond donors (Lipinski definition) is 1. The molecule has 0 amide bonds. The number of ether oxygens (including phenoxy) is 1. The molecule has 0 aromatic rings. The zero-order chi connectivity index (χ0) is 6.69. The van der Waals surface area contributed by atoms with Crippen LogP contribution in [0.5, 0.6) is 0 Å². The molecular formula is C7H10O2. The highest BCUT2D eigenvalue weighted by Crippen LogP contribution is 2.24. The van der Waals surface area contributed by atoms with Crippen LogP contribution in [0, 0.1) is 12.3 Å². The maximum atomic E-state index is 8.39. The van der Waals surface area contributed by atoms with Crippen molar-refractivity contribution >= 4 is 0 Å². The molecule has 2 atom stereocenters. The molecule has 0 bridgehead atoms. The number of aliphatic hydroxyl groups excluding tert-OH is 1. The van der Waals surface area contributed by atoms with Gasteiger partial charge in [-0.3, -0.25) is 0 Å². The first-order valence-corrected chi connectivity index (χ1v) is 3.11. The van der Waals surface area contributed by atoms with Crippen molar-refractivity contribution in [2.24, 2.45) is 0 Å². The van der Waals surface area contributed by atoms with Crippen LogP contribution < -0.4 is 0 Å². The second-order valence-electron chi connectivity index (χ2n) is 2.13. The second kappa shape index (κ2) is 2.86. The molecule has 0 aromatic heterocycles. The van der Waals surface area contributed by atoms with Gasteiger partial charge in [0.25, 0.3) is 0 Å². The topological polar surface area (TPSA) is 32.8 Å². The Morgan fingerprint density at radius 1 is 1.67 bits per heavy atom. The summed E-state index contributed by atoms with van der Waals surface area (Å²) in [4.78, 5) is 0. The summed E-state index contributed by atoms with van der Waals surface area (Å²) in [5.74, 6) is 2.49. The summed E-state index contributed by atoms with van der Waals surface area (Å²) in [6.07, 6.45) is 7.02. The summed E-state index contributed by atoms with van der Waals surface area (Å²) in [5.41, 5.74) is 0. The van der Waals surface area contributed by atoms with Gasteiger partial charge in [-0.05, 0) is 12.8 Å². The Hall–Kier alpha value is -0.520. The van der Waals surface area contributed by atoms with Crippen LogP contribution in [0.3, 0.4) is 0 Å². The monoisotopic (exact) mass is 126 g/mol. The van der Waals surface area contributed by atoms with Gasteiger partial charge < -0.3 is 9.84 Å². The number of hydrogen-bond acceptors (Lipinski definition) is 2. The van der Waals surface area contributed by atoms with E-state index in [0.717, 1.165) is 12.8 Å². The summed E-state index contributed by atoms with van der Waals surface area (Å²) in [7, 11) is 0. The Morgan fingerprint density at radius 3 is 2.89 bits per heavy atom. The van der Waals surface area contributed by atoms with Crippen molar-refractivity contribution in [3.63, 3.8) is 0 Å². The Balaban J connectivity index is 2.00. The quantitative estimate of drug-likeness (QED) is 0.431. The van der Waals surface area contributed by atoms with E-state index in [-0.39, 0.29) is 18.8 Å². The minimum Gasteiger partial charge on any atom is -0.396 e. The van der Waals surface area contributed by atoms with E-state index in [4.69, 9.17) is 16.3 Å². The van der Waals surface area contributed by atoms with Crippen LogP contribution in [-0.4, -0.2) is 23.9 Å². The van der Waals surface area contributed by atoms with Crippen LogP contribution in [0.15, 0.2) is 0 Å². The van der Waals surface area contributed by atoms with Crippen molar-refractivity contribution in [2.45, 2.75) is 25.0 Å². The highest BCUT2D eigenvalue weighted by atomic mass is 16.6. The molecule has 9 heavy (non-hydrogen) atoms. The molecule has 1 N–H and O–H groups in total. The lowest BCUT2D eigenvalue weighted by atomic mass is 10.2. The van der Waals surface area contributed by atoms with Crippen molar-refractivity contribution in [3.8, 4) is 12.3 Å². The summed E-state index contributed by atoms with van der Waals surface area (Å²) >= 11 is 0. The fourth-order valence-corrected chi connectivity index (χ4v) is 0.801. The average molecular weight is 126 g/mol. The van der Waals surface area contributed by atoms with Crippen LogP contribution in [0.2, 0.25) is 0 Å². The van der Waals surface area contributed by atoms with Gasteiger partial charge in [0.15, 0.2) is 0 Å². The molecule has 0 spiro atoms. The molecule has 2 nitrogen and oxygen atoms in total. The lowest BCUT2D eigenvalue weighted by Crippen LogP contribution is -1.92. The molecule has 1 aliphatic rings. The standard InChI is InChI=1S/C7H10O2/c1-2-6-7(9-6)4-3-5-8/h1,6-8H,3-5H2/t6-,7+/m1/s1. The SMILES string of the molecule is C#C[C@H]1O[C@H]1CCCO. The fourth-order valence-electron chi connectivity index (χ4n) is 0.801. The van der Waals surface area contributed by atoms with Crippen LogP contribution >= 0.6 is 0 Å². The van der Waals surface area contributed by atoms with E-state index in [9.17, 15) is 0 Å². The van der Waals surface area contributed by atoms with Gasteiger partial charge in [-0.15, -0.1) is 6.42 Å². The summed E-state index contributed by atoms with van der Waals surface area (Å²) < 4.78 is 5.02. The molecule has 2 heteroatoms. The van der Waals surface area contributed by atoms with Crippen molar-refractivity contribution in [1.29, 1.82) is 0 Å². The molecule has 1 rings (SSSR count). The van der Waals surface area contributed by atoms with Gasteiger partial charge in [-0.1, -0.05) is 5.92 Å². The summed E-state index contributed by atoms with van der Waals surface area (Å²) in [6, 6.07) is 0. The van der Waals surface area contributed by atoms with Crippen molar-refractivity contribution in [2.75, 3.05) is 6.61 Å². The third-order valence-corrected chi connectivity index (χ3v) is 1.39. The molecule has 1 saturated heterocycles. The van der Waals surface area contributed by atoms with Gasteiger partial charge in [0, 0.05) is 6.61 Å². The van der Waals surface area contributed by atoms with E-state index in [1.54, 1.807) is 0 Å². The maximum absolute atomic E-state index is 8.39. The third kappa shape index (κ3) is 1.70. The molecule has 0 aromatic carbocycles. The Bertz CT molecular complexity index is 125. The number of terminal acetylenes is 1. The minimum atomic E-state index is 0.0385. The van der Waals surface area contributed by atoms with Gasteiger partial charge >= 0.3 is 0 Å². The molecule has 1 aliphatic heterocycles. The maximum Gasteiger partial charge on any atom is 0.144 e. The summed E-state index contributed by atoms with van der Waals surface area (Å²) in [6.45, 7) is 0.233. The Kier molecular flexibility index (Phi) is 2.10. The Labute approximate surface area is 54.8 Å². The van der Waals surface area contributed by atoms with Gasteiger partial charge in [-0.25, -0.2) is 0 Å². The lowest BCUT2D eigenvalue weighted by molar-refractivity contribution is 0.273. The molecule has 0 unspecified atom stereocenters. The molecule has 1 heterocycles. The zero-order valence-corrected chi connectivity index (χ0v) is 5.21. The second-order valence-corrected chi connectivity index (χ2v) is 2.13. The fraction of sp³-hybridized carbons (Fsp3) is 0.714. The van der Waals surface area contributed by atoms with E-state index in [1.807, 2.05) is 0 Å². The van der Waals surface area contributed by atoms with Crippen LogP contribution in [0.25, 0.3) is 0 Å². The predicted molar refractivity (Wildman–Crippen MR) is 33.8 cm³/mol. The van der Waals surface area contributed by atoms with Crippen LogP contribution in [0.1, 0.15) is 12.8 Å². The van der Waals surface area contributed by atoms with Crippen molar-refractivity contribution < 1.29 is 9.84 Å². The highest BCUT2D eigenvalue weighted by molar-refractivity contribution is 5.07. The first-order valence-electron chi connectivity index (χ1n) is 3.11. The number of epoxide rings is 1. The van der Waals surface area contributed by atoms with E-state index in [0.29, 0.717) is 0 Å². The number of rotatable bonds is 3. The third-order valence-electron chi connectivity index (χ3n) is 1.39. The van der Waals surface area contributed by atoms with E-state index in [1.165, 1.54) is 0 Å². The van der Waals surface area contributed by atoms with Gasteiger partial charge in [0.2, 0.25) is 0 Å². The molecule has 0 saturated carbocycles. The highest BCUT2D eigenvalue weighted by Gasteiger charge is 2.35. The van der Waals surface area contributed by atoms with Crippen LogP contribution in [0.4, 0.5) is 0 Å². The molecule has 0 aliphatic carbocycles. The van der Waals surface area contributed by atoms with Crippen LogP contribution in [-0.2, 0) is 4.74 Å².